The Balaban J connectivity index is 0.00000169. The number of hydrogen-bond donors (Lipinski definition) is 0. The fourth-order valence-corrected chi connectivity index (χ4v) is 5.48. The molecule has 0 aliphatic carbocycles. The van der Waals surface area contributed by atoms with Crippen molar-refractivity contribution in [3.8, 4) is 11.5 Å². The molecule has 0 amide bonds. The summed E-state index contributed by atoms with van der Waals surface area (Å²) in [6.45, 7) is 13.2. The quantitative estimate of drug-likeness (QED) is 0.622. The second kappa shape index (κ2) is 9.75. The van der Waals surface area contributed by atoms with Crippen LogP contribution in [0.3, 0.4) is 0 Å². The molecule has 0 N–H and O–H groups in total. The summed E-state index contributed by atoms with van der Waals surface area (Å²) in [5, 5.41) is 0. The minimum Gasteiger partial charge on any atom is -1.00 e. The molecule has 0 unspecified atom stereocenters. The van der Waals surface area contributed by atoms with Crippen molar-refractivity contribution < 1.29 is 51.4 Å². The molecular formula is C20H24Cl2O2STi. The largest absolute Gasteiger partial charge is 1.00 e. The molecule has 2 aromatic rings. The first-order valence-electron chi connectivity index (χ1n) is 8.42. The summed E-state index contributed by atoms with van der Waals surface area (Å²) in [7, 11) is 0. The van der Waals surface area contributed by atoms with Crippen molar-refractivity contribution in [1.82, 2.24) is 0 Å². The summed E-state index contributed by atoms with van der Waals surface area (Å²) >= 11 is 0.804. The monoisotopic (exact) mass is 446 g/mol. The van der Waals surface area contributed by atoms with Crippen LogP contribution in [0.5, 0.6) is 11.5 Å². The average Bonchev–Trinajstić information content (AvgIpc) is 2.47. The third-order valence-corrected chi connectivity index (χ3v) is 6.15. The van der Waals surface area contributed by atoms with E-state index < -0.39 is 19.9 Å². The van der Waals surface area contributed by atoms with Crippen LogP contribution in [0.2, 0.25) is 0 Å². The second-order valence-electron chi connectivity index (χ2n) is 7.06. The molecule has 1 heterocycles. The predicted molar refractivity (Wildman–Crippen MR) is 95.9 cm³/mol. The normalized spacial score (nSPS) is 12.0. The topological polar surface area (TPSA) is 18.5 Å². The van der Waals surface area contributed by atoms with E-state index >= 15 is 0 Å². The smallest absolute Gasteiger partial charge is 1.00 e. The van der Waals surface area contributed by atoms with Crippen LogP contribution in [0.25, 0.3) is 0 Å². The van der Waals surface area contributed by atoms with Gasteiger partial charge in [-0.2, -0.15) is 0 Å². The SMILES string of the molecule is Cc1cc2c(c(C(C)C)c1)[O][Ti+2][O]c1c(cc(C)cc1C(C)C)S2.[Cl-].[Cl-]. The Morgan fingerprint density at radius 1 is 0.731 bits per heavy atom. The standard InChI is InChI=1S/C20H26O2S.2ClH.Ti/c1-11(2)15-7-13(5)9-17(19(15)21)23-18-10-14(6)8-16(12(3)4)20(18)22;;;/h7-12,21-22H,1-6H3;2*1H;/q;;;+4/p-4. The third-order valence-electron chi connectivity index (χ3n) is 4.21. The number of aryl methyl sites for hydroxylation is 2. The average molecular weight is 447 g/mol. The van der Waals surface area contributed by atoms with E-state index in [0.717, 1.165) is 11.5 Å². The summed E-state index contributed by atoms with van der Waals surface area (Å²) < 4.78 is 12.4. The predicted octanol–water partition coefficient (Wildman–Crippen LogP) is 0.393. The summed E-state index contributed by atoms with van der Waals surface area (Å²) in [4.78, 5) is 2.43. The van der Waals surface area contributed by atoms with Crippen LogP contribution < -0.4 is 31.5 Å². The Bertz CT molecular complexity index is 715. The van der Waals surface area contributed by atoms with Gasteiger partial charge in [0.05, 0.1) is 0 Å². The number of rotatable bonds is 2. The molecule has 0 saturated carbocycles. The van der Waals surface area contributed by atoms with Crippen LogP contribution in [0.15, 0.2) is 34.1 Å². The fourth-order valence-electron chi connectivity index (χ4n) is 2.98. The maximum absolute atomic E-state index is 6.18. The van der Waals surface area contributed by atoms with Crippen molar-refractivity contribution >= 4 is 11.8 Å². The Morgan fingerprint density at radius 3 is 1.46 bits per heavy atom. The summed E-state index contributed by atoms with van der Waals surface area (Å²) in [6, 6.07) is 8.97. The zero-order chi connectivity index (χ0) is 17.4. The van der Waals surface area contributed by atoms with Crippen molar-refractivity contribution in [3.63, 3.8) is 0 Å². The van der Waals surface area contributed by atoms with Crippen LogP contribution in [-0.2, 0) is 19.9 Å². The number of halogens is 2. The van der Waals surface area contributed by atoms with E-state index in [1.54, 1.807) is 11.8 Å². The molecule has 0 atom stereocenters. The van der Waals surface area contributed by atoms with Gasteiger partial charge in [-0.25, -0.2) is 0 Å². The van der Waals surface area contributed by atoms with Crippen LogP contribution in [-0.4, -0.2) is 0 Å². The van der Waals surface area contributed by atoms with E-state index in [4.69, 9.17) is 6.64 Å². The van der Waals surface area contributed by atoms with Crippen molar-refractivity contribution in [2.75, 3.05) is 0 Å². The molecule has 26 heavy (non-hydrogen) atoms. The zero-order valence-corrected chi connectivity index (χ0v) is 19.8. The van der Waals surface area contributed by atoms with E-state index in [1.807, 2.05) is 0 Å². The second-order valence-corrected chi connectivity index (χ2v) is 9.04. The molecule has 0 aromatic heterocycles. The summed E-state index contributed by atoms with van der Waals surface area (Å²) in [5.74, 6) is 2.93. The first kappa shape index (κ1) is 23.7. The van der Waals surface area contributed by atoms with Gasteiger partial charge < -0.3 is 24.8 Å². The first-order chi connectivity index (χ1) is 11.4. The van der Waals surface area contributed by atoms with E-state index in [2.05, 4.69) is 65.8 Å². The van der Waals surface area contributed by atoms with Gasteiger partial charge in [0.25, 0.3) is 0 Å². The van der Waals surface area contributed by atoms with E-state index in [1.165, 1.54) is 32.0 Å². The Morgan fingerprint density at radius 2 is 1.12 bits per heavy atom. The Labute approximate surface area is 183 Å². The van der Waals surface area contributed by atoms with Crippen LogP contribution in [0, 0.1) is 13.8 Å². The van der Waals surface area contributed by atoms with Gasteiger partial charge in [-0.15, -0.1) is 0 Å². The van der Waals surface area contributed by atoms with E-state index in [0.29, 0.717) is 11.8 Å². The number of fused-ring (bicyclic) bond motifs is 2. The van der Waals surface area contributed by atoms with Gasteiger partial charge in [0.1, 0.15) is 0 Å². The number of benzene rings is 2. The molecule has 0 fully saturated rings. The van der Waals surface area contributed by atoms with Gasteiger partial charge >= 0.3 is 160 Å². The van der Waals surface area contributed by atoms with Crippen molar-refractivity contribution in [3.05, 3.63) is 46.5 Å². The molecule has 1 aliphatic heterocycles. The molecule has 0 spiro atoms. The molecule has 0 radical (unpaired) electrons. The third kappa shape index (κ3) is 4.94. The molecule has 2 aromatic carbocycles. The van der Waals surface area contributed by atoms with Gasteiger partial charge in [0.15, 0.2) is 0 Å². The maximum atomic E-state index is 6.18. The number of hydrogen-bond acceptors (Lipinski definition) is 3. The molecular weight excluding hydrogens is 423 g/mol. The van der Waals surface area contributed by atoms with Crippen LogP contribution in [0.1, 0.15) is 61.8 Å². The molecule has 2 nitrogen and oxygen atoms in total. The van der Waals surface area contributed by atoms with Crippen LogP contribution >= 0.6 is 11.8 Å². The Kier molecular flexibility index (Phi) is 8.90. The Hall–Kier alpha value is -0.316. The molecule has 6 heteroatoms. The van der Waals surface area contributed by atoms with Gasteiger partial charge in [-0.05, 0) is 0 Å². The van der Waals surface area contributed by atoms with Gasteiger partial charge in [0, 0.05) is 0 Å². The van der Waals surface area contributed by atoms with Crippen molar-refractivity contribution in [1.29, 1.82) is 0 Å². The minimum absolute atomic E-state index is 0. The van der Waals surface area contributed by atoms with Gasteiger partial charge in [-0.1, -0.05) is 0 Å². The fraction of sp³-hybridized carbons (Fsp3) is 0.400. The first-order valence-corrected chi connectivity index (χ1v) is 10.5. The van der Waals surface area contributed by atoms with Gasteiger partial charge in [-0.3, -0.25) is 0 Å². The summed E-state index contributed by atoms with van der Waals surface area (Å²) in [5.41, 5.74) is 5.14. The zero-order valence-electron chi connectivity index (χ0n) is 15.9. The van der Waals surface area contributed by atoms with Crippen molar-refractivity contribution in [2.24, 2.45) is 0 Å². The molecule has 140 valence electrons. The van der Waals surface area contributed by atoms with Crippen molar-refractivity contribution in [2.45, 2.75) is 63.2 Å². The van der Waals surface area contributed by atoms with E-state index in [9.17, 15) is 0 Å². The van der Waals surface area contributed by atoms with Gasteiger partial charge in [0.2, 0.25) is 0 Å². The summed E-state index contributed by atoms with van der Waals surface area (Å²) in [6.07, 6.45) is 0. The van der Waals surface area contributed by atoms with Crippen LogP contribution in [0.4, 0.5) is 0 Å². The minimum atomic E-state index is -0.974. The molecule has 1 aliphatic rings. The molecule has 0 saturated heterocycles. The molecule has 0 bridgehead atoms. The van der Waals surface area contributed by atoms with E-state index in [-0.39, 0.29) is 24.8 Å². The molecule has 3 rings (SSSR count). The maximum Gasteiger partial charge on any atom is -1.00 e.